The summed E-state index contributed by atoms with van der Waals surface area (Å²) in [5, 5.41) is 14.2. The van der Waals surface area contributed by atoms with Gasteiger partial charge in [0.1, 0.15) is 5.75 Å². The summed E-state index contributed by atoms with van der Waals surface area (Å²) in [6.07, 6.45) is 3.70. The minimum absolute atomic E-state index is 0. The molecular formula is C15H19BrClN5O2. The number of benzene rings is 1. The zero-order valence-electron chi connectivity index (χ0n) is 13.2. The second-order valence-corrected chi connectivity index (χ2v) is 6.22. The van der Waals surface area contributed by atoms with Crippen molar-refractivity contribution in [2.45, 2.75) is 18.9 Å². The molecule has 9 heteroatoms. The van der Waals surface area contributed by atoms with Crippen molar-refractivity contribution in [3.05, 3.63) is 34.6 Å². The highest BCUT2D eigenvalue weighted by atomic mass is 79.9. The lowest BCUT2D eigenvalue weighted by atomic mass is 10.1. The third-order valence-corrected chi connectivity index (χ3v) is 4.49. The van der Waals surface area contributed by atoms with E-state index in [0.29, 0.717) is 23.2 Å². The summed E-state index contributed by atoms with van der Waals surface area (Å²) in [7, 11) is 1.58. The Morgan fingerprint density at radius 1 is 1.42 bits per heavy atom. The van der Waals surface area contributed by atoms with E-state index in [4.69, 9.17) is 4.74 Å². The first-order chi connectivity index (χ1) is 11.2. The molecule has 1 saturated heterocycles. The van der Waals surface area contributed by atoms with Gasteiger partial charge < -0.3 is 15.4 Å². The molecular weight excluding hydrogens is 398 g/mol. The van der Waals surface area contributed by atoms with Gasteiger partial charge in [0.2, 0.25) is 0 Å². The number of methoxy groups -OCH3 is 1. The zero-order valence-corrected chi connectivity index (χ0v) is 15.6. The lowest BCUT2D eigenvalue weighted by Gasteiger charge is -2.22. The zero-order chi connectivity index (χ0) is 16.2. The fraction of sp³-hybridized carbons (Fsp3) is 0.400. The average molecular weight is 417 g/mol. The molecule has 2 N–H and O–H groups in total. The van der Waals surface area contributed by atoms with Crippen molar-refractivity contribution >= 4 is 39.9 Å². The van der Waals surface area contributed by atoms with Gasteiger partial charge >= 0.3 is 0 Å². The number of rotatable bonds is 4. The van der Waals surface area contributed by atoms with Gasteiger partial charge in [-0.3, -0.25) is 4.79 Å². The van der Waals surface area contributed by atoms with E-state index in [1.807, 2.05) is 6.07 Å². The first-order valence-corrected chi connectivity index (χ1v) is 8.24. The Morgan fingerprint density at radius 3 is 2.88 bits per heavy atom. The van der Waals surface area contributed by atoms with Gasteiger partial charge in [-0.25, -0.2) is 4.68 Å². The number of halogens is 2. The first-order valence-electron chi connectivity index (χ1n) is 7.45. The molecule has 7 nitrogen and oxygen atoms in total. The van der Waals surface area contributed by atoms with Crippen LogP contribution in [-0.4, -0.2) is 41.1 Å². The monoisotopic (exact) mass is 415 g/mol. The summed E-state index contributed by atoms with van der Waals surface area (Å²) in [5.74, 6) is 0.371. The summed E-state index contributed by atoms with van der Waals surface area (Å²) >= 11 is 3.38. The Balaban J connectivity index is 0.00000208. The highest BCUT2D eigenvalue weighted by Gasteiger charge is 2.19. The van der Waals surface area contributed by atoms with E-state index in [2.05, 4.69) is 36.9 Å². The fourth-order valence-electron chi connectivity index (χ4n) is 2.56. The van der Waals surface area contributed by atoms with Crippen LogP contribution in [0.3, 0.4) is 0 Å². The lowest BCUT2D eigenvalue weighted by molar-refractivity contribution is 0.102. The van der Waals surface area contributed by atoms with Crippen LogP contribution >= 0.6 is 28.3 Å². The van der Waals surface area contributed by atoms with Crippen LogP contribution in [0.15, 0.2) is 28.9 Å². The molecule has 0 spiro atoms. The molecule has 0 saturated carbocycles. The van der Waals surface area contributed by atoms with Crippen LogP contribution in [0.4, 0.5) is 5.69 Å². The van der Waals surface area contributed by atoms with Gasteiger partial charge in [-0.1, -0.05) is 5.21 Å². The molecule has 0 atom stereocenters. The maximum atomic E-state index is 12.3. The van der Waals surface area contributed by atoms with Gasteiger partial charge in [-0.15, -0.1) is 17.5 Å². The summed E-state index contributed by atoms with van der Waals surface area (Å²) in [5.41, 5.74) is 0.955. The Bertz CT molecular complexity index is 703. The summed E-state index contributed by atoms with van der Waals surface area (Å²) in [4.78, 5) is 12.3. The number of anilines is 1. The third-order valence-electron chi connectivity index (χ3n) is 3.83. The number of nitrogens with one attached hydrogen (secondary N) is 2. The molecule has 3 rings (SSSR count). The standard InChI is InChI=1S/C15H18BrN5O2.ClH/c1-23-14-8-10(2-3-12(14)16)18-15(22)13-9-21(20-19-13)11-4-6-17-7-5-11;/h2-3,8-9,11,17H,4-7H2,1H3,(H,18,22);1H. The van der Waals surface area contributed by atoms with Crippen molar-refractivity contribution in [1.82, 2.24) is 20.3 Å². The van der Waals surface area contributed by atoms with Crippen LogP contribution in [0.25, 0.3) is 0 Å². The molecule has 1 amide bonds. The number of piperidine rings is 1. The molecule has 0 radical (unpaired) electrons. The lowest BCUT2D eigenvalue weighted by Crippen LogP contribution is -2.29. The predicted molar refractivity (Wildman–Crippen MR) is 97.1 cm³/mol. The topological polar surface area (TPSA) is 81.1 Å². The molecule has 2 heterocycles. The van der Waals surface area contributed by atoms with Gasteiger partial charge in [0.25, 0.3) is 5.91 Å². The molecule has 1 aromatic carbocycles. The number of amides is 1. The second kappa shape index (κ2) is 8.46. The van der Waals surface area contributed by atoms with Crippen LogP contribution in [0, 0.1) is 0 Å². The van der Waals surface area contributed by atoms with E-state index in [1.54, 1.807) is 30.1 Å². The molecule has 0 bridgehead atoms. The number of aromatic nitrogens is 3. The van der Waals surface area contributed by atoms with Crippen LogP contribution in [0.1, 0.15) is 29.4 Å². The number of carbonyl (C=O) groups is 1. The molecule has 1 aliphatic heterocycles. The van der Waals surface area contributed by atoms with Gasteiger partial charge in [-0.2, -0.15) is 0 Å². The van der Waals surface area contributed by atoms with Gasteiger partial charge in [0.05, 0.1) is 23.8 Å². The van der Waals surface area contributed by atoms with Gasteiger partial charge in [-0.05, 0) is 54.0 Å². The maximum Gasteiger partial charge on any atom is 0.277 e. The van der Waals surface area contributed by atoms with Crippen LogP contribution in [0.2, 0.25) is 0 Å². The van der Waals surface area contributed by atoms with E-state index in [9.17, 15) is 4.79 Å². The van der Waals surface area contributed by atoms with E-state index in [1.165, 1.54) is 0 Å². The Kier molecular flexibility index (Phi) is 6.59. The molecule has 0 unspecified atom stereocenters. The Morgan fingerprint density at radius 2 is 2.17 bits per heavy atom. The Hall–Kier alpha value is -1.64. The molecule has 1 aromatic heterocycles. The number of hydrogen-bond acceptors (Lipinski definition) is 5. The average Bonchev–Trinajstić information content (AvgIpc) is 3.07. The van der Waals surface area contributed by atoms with E-state index in [0.717, 1.165) is 30.4 Å². The van der Waals surface area contributed by atoms with E-state index >= 15 is 0 Å². The van der Waals surface area contributed by atoms with Crippen molar-refractivity contribution in [1.29, 1.82) is 0 Å². The molecule has 0 aliphatic carbocycles. The number of nitrogens with zero attached hydrogens (tertiary/aromatic N) is 3. The number of ether oxygens (including phenoxy) is 1. The third kappa shape index (κ3) is 4.25. The van der Waals surface area contributed by atoms with Crippen molar-refractivity contribution in [3.63, 3.8) is 0 Å². The minimum Gasteiger partial charge on any atom is -0.495 e. The number of hydrogen-bond donors (Lipinski definition) is 2. The van der Waals surface area contributed by atoms with E-state index in [-0.39, 0.29) is 18.3 Å². The van der Waals surface area contributed by atoms with E-state index < -0.39 is 0 Å². The molecule has 2 aromatic rings. The predicted octanol–water partition coefficient (Wildman–Crippen LogP) is 2.65. The second-order valence-electron chi connectivity index (χ2n) is 5.37. The fourth-order valence-corrected chi connectivity index (χ4v) is 2.97. The van der Waals surface area contributed by atoms with Gasteiger partial charge in [0.15, 0.2) is 5.69 Å². The molecule has 1 aliphatic rings. The largest absolute Gasteiger partial charge is 0.495 e. The van der Waals surface area contributed by atoms with Crippen molar-refractivity contribution < 1.29 is 9.53 Å². The maximum absolute atomic E-state index is 12.3. The van der Waals surface area contributed by atoms with Crippen LogP contribution < -0.4 is 15.4 Å². The van der Waals surface area contributed by atoms with Crippen LogP contribution in [0.5, 0.6) is 5.75 Å². The summed E-state index contributed by atoms with van der Waals surface area (Å²) in [6.45, 7) is 1.93. The van der Waals surface area contributed by atoms with Crippen molar-refractivity contribution in [2.75, 3.05) is 25.5 Å². The minimum atomic E-state index is -0.283. The quantitative estimate of drug-likeness (QED) is 0.801. The first kappa shape index (κ1) is 18.7. The summed E-state index contributed by atoms with van der Waals surface area (Å²) in [6, 6.07) is 5.67. The molecule has 1 fully saturated rings. The smallest absolute Gasteiger partial charge is 0.277 e. The van der Waals surface area contributed by atoms with Crippen molar-refractivity contribution in [3.8, 4) is 5.75 Å². The number of carbonyl (C=O) groups excluding carboxylic acids is 1. The highest BCUT2D eigenvalue weighted by molar-refractivity contribution is 9.10. The highest BCUT2D eigenvalue weighted by Crippen LogP contribution is 2.28. The van der Waals surface area contributed by atoms with Gasteiger partial charge in [0, 0.05) is 11.8 Å². The molecule has 130 valence electrons. The molecule has 24 heavy (non-hydrogen) atoms. The van der Waals surface area contributed by atoms with Crippen LogP contribution in [-0.2, 0) is 0 Å². The normalized spacial score (nSPS) is 14.8. The van der Waals surface area contributed by atoms with Crippen molar-refractivity contribution in [2.24, 2.45) is 0 Å². The SMILES string of the molecule is COc1cc(NC(=O)c2cn(C3CCNCC3)nn2)ccc1Br.Cl. The summed E-state index contributed by atoms with van der Waals surface area (Å²) < 4.78 is 7.84. The Labute approximate surface area is 154 Å².